The van der Waals surface area contributed by atoms with E-state index in [1.165, 1.54) is 5.69 Å². The fourth-order valence-corrected chi connectivity index (χ4v) is 2.23. The first-order valence-corrected chi connectivity index (χ1v) is 5.14. The number of hydrogen-bond acceptors (Lipinski definition) is 3. The molecule has 0 spiro atoms. The summed E-state index contributed by atoms with van der Waals surface area (Å²) in [4.78, 5) is 0. The van der Waals surface area contributed by atoms with Crippen LogP contribution in [0.5, 0.6) is 0 Å². The molecule has 0 bridgehead atoms. The van der Waals surface area contributed by atoms with E-state index in [0.717, 1.165) is 30.5 Å². The third-order valence-electron chi connectivity index (χ3n) is 2.97. The van der Waals surface area contributed by atoms with Crippen molar-refractivity contribution in [3.8, 4) is 5.69 Å². The standard InChI is InChI=1S/C11H12N2O2/c14-11-3-1-2-10-9(11)4-5-13(10)8-6-12-15-7-8/h4-7,11,14H,1-3H2. The maximum absolute atomic E-state index is 9.82. The molecule has 1 unspecified atom stereocenters. The highest BCUT2D eigenvalue weighted by atomic mass is 16.5. The molecule has 0 fully saturated rings. The molecule has 0 radical (unpaired) electrons. The van der Waals surface area contributed by atoms with Gasteiger partial charge in [0.2, 0.25) is 0 Å². The van der Waals surface area contributed by atoms with Crippen molar-refractivity contribution in [3.63, 3.8) is 0 Å². The van der Waals surface area contributed by atoms with Crippen LogP contribution in [-0.4, -0.2) is 14.8 Å². The molecule has 4 nitrogen and oxygen atoms in total. The van der Waals surface area contributed by atoms with E-state index >= 15 is 0 Å². The Morgan fingerprint density at radius 3 is 3.27 bits per heavy atom. The molecule has 2 aromatic rings. The van der Waals surface area contributed by atoms with Gasteiger partial charge >= 0.3 is 0 Å². The van der Waals surface area contributed by atoms with E-state index in [9.17, 15) is 5.11 Å². The molecule has 1 atom stereocenters. The van der Waals surface area contributed by atoms with Gasteiger partial charge in [0, 0.05) is 17.5 Å². The number of fused-ring (bicyclic) bond motifs is 1. The molecule has 1 N–H and O–H groups in total. The smallest absolute Gasteiger partial charge is 0.147 e. The predicted molar refractivity (Wildman–Crippen MR) is 53.7 cm³/mol. The Morgan fingerprint density at radius 2 is 2.47 bits per heavy atom. The number of aliphatic hydroxyl groups is 1. The number of rotatable bonds is 1. The largest absolute Gasteiger partial charge is 0.388 e. The molecule has 0 saturated carbocycles. The van der Waals surface area contributed by atoms with E-state index < -0.39 is 0 Å². The lowest BCUT2D eigenvalue weighted by molar-refractivity contribution is 0.156. The molecule has 0 aromatic carbocycles. The summed E-state index contributed by atoms with van der Waals surface area (Å²) in [6, 6.07) is 1.98. The fourth-order valence-electron chi connectivity index (χ4n) is 2.23. The predicted octanol–water partition coefficient (Wildman–Crippen LogP) is 1.84. The lowest BCUT2D eigenvalue weighted by Crippen LogP contribution is -2.10. The average molecular weight is 204 g/mol. The minimum Gasteiger partial charge on any atom is -0.388 e. The Balaban J connectivity index is 2.11. The Labute approximate surface area is 87.1 Å². The number of aliphatic hydroxyl groups excluding tert-OH is 1. The second kappa shape index (κ2) is 3.24. The van der Waals surface area contributed by atoms with Gasteiger partial charge in [-0.3, -0.25) is 0 Å². The van der Waals surface area contributed by atoms with E-state index in [1.807, 2.05) is 16.8 Å². The third-order valence-corrected chi connectivity index (χ3v) is 2.97. The quantitative estimate of drug-likeness (QED) is 0.771. The van der Waals surface area contributed by atoms with Crippen molar-refractivity contribution in [2.75, 3.05) is 0 Å². The lowest BCUT2D eigenvalue weighted by atomic mass is 9.95. The van der Waals surface area contributed by atoms with Gasteiger partial charge in [-0.2, -0.15) is 0 Å². The van der Waals surface area contributed by atoms with Gasteiger partial charge in [0.15, 0.2) is 0 Å². The van der Waals surface area contributed by atoms with Gasteiger partial charge in [-0.15, -0.1) is 0 Å². The van der Waals surface area contributed by atoms with Crippen LogP contribution in [0.1, 0.15) is 30.2 Å². The van der Waals surface area contributed by atoms with Crippen molar-refractivity contribution < 1.29 is 9.63 Å². The number of nitrogens with zero attached hydrogens (tertiary/aromatic N) is 2. The minimum atomic E-state index is -0.310. The fraction of sp³-hybridized carbons (Fsp3) is 0.364. The second-order valence-corrected chi connectivity index (χ2v) is 3.88. The van der Waals surface area contributed by atoms with Gasteiger partial charge in [-0.05, 0) is 25.3 Å². The summed E-state index contributed by atoms with van der Waals surface area (Å²) in [7, 11) is 0. The van der Waals surface area contributed by atoms with Crippen LogP contribution in [0, 0.1) is 0 Å². The molecule has 0 amide bonds. The maximum Gasteiger partial charge on any atom is 0.147 e. The molecule has 2 heterocycles. The molecule has 3 rings (SSSR count). The first-order chi connectivity index (χ1) is 7.36. The van der Waals surface area contributed by atoms with Crippen LogP contribution in [0.3, 0.4) is 0 Å². The summed E-state index contributed by atoms with van der Waals surface area (Å²) >= 11 is 0. The van der Waals surface area contributed by atoms with E-state index in [1.54, 1.807) is 12.5 Å². The second-order valence-electron chi connectivity index (χ2n) is 3.88. The molecule has 15 heavy (non-hydrogen) atoms. The molecular formula is C11H12N2O2. The van der Waals surface area contributed by atoms with Crippen LogP contribution in [0.4, 0.5) is 0 Å². The van der Waals surface area contributed by atoms with Crippen LogP contribution < -0.4 is 0 Å². The molecule has 2 aromatic heterocycles. The van der Waals surface area contributed by atoms with Crippen LogP contribution >= 0.6 is 0 Å². The summed E-state index contributed by atoms with van der Waals surface area (Å²) in [5.41, 5.74) is 3.14. The third kappa shape index (κ3) is 1.29. The maximum atomic E-state index is 9.82. The lowest BCUT2D eigenvalue weighted by Gasteiger charge is -2.19. The highest BCUT2D eigenvalue weighted by Gasteiger charge is 2.21. The summed E-state index contributed by atoms with van der Waals surface area (Å²) in [5, 5.41) is 13.5. The van der Waals surface area contributed by atoms with Gasteiger partial charge in [-0.1, -0.05) is 5.16 Å². The minimum absolute atomic E-state index is 0.310. The molecular weight excluding hydrogens is 192 g/mol. The highest BCUT2D eigenvalue weighted by molar-refractivity contribution is 5.36. The van der Waals surface area contributed by atoms with Crippen LogP contribution in [0.25, 0.3) is 5.69 Å². The molecule has 78 valence electrons. The van der Waals surface area contributed by atoms with Crippen molar-refractivity contribution in [1.29, 1.82) is 0 Å². The van der Waals surface area contributed by atoms with E-state index in [2.05, 4.69) is 5.16 Å². The van der Waals surface area contributed by atoms with Crippen molar-refractivity contribution in [2.45, 2.75) is 25.4 Å². The van der Waals surface area contributed by atoms with Gasteiger partial charge < -0.3 is 14.2 Å². The van der Waals surface area contributed by atoms with Crippen LogP contribution in [-0.2, 0) is 6.42 Å². The monoisotopic (exact) mass is 204 g/mol. The first kappa shape index (κ1) is 8.73. The van der Waals surface area contributed by atoms with Gasteiger partial charge in [0.1, 0.15) is 12.0 Å². The zero-order valence-electron chi connectivity index (χ0n) is 8.26. The van der Waals surface area contributed by atoms with Crippen molar-refractivity contribution in [2.24, 2.45) is 0 Å². The Hall–Kier alpha value is -1.55. The SMILES string of the molecule is OC1CCCc2c1ccn2-c1cnoc1. The molecule has 0 aliphatic heterocycles. The highest BCUT2D eigenvalue weighted by Crippen LogP contribution is 2.31. The Kier molecular flexibility index (Phi) is 1.89. The molecule has 1 aliphatic rings. The van der Waals surface area contributed by atoms with Gasteiger partial charge in [0.25, 0.3) is 0 Å². The average Bonchev–Trinajstić information content (AvgIpc) is 2.85. The number of aromatic nitrogens is 2. The van der Waals surface area contributed by atoms with Crippen molar-refractivity contribution >= 4 is 0 Å². The molecule has 1 aliphatic carbocycles. The first-order valence-electron chi connectivity index (χ1n) is 5.14. The Bertz CT molecular complexity index is 459. The Morgan fingerprint density at radius 1 is 1.53 bits per heavy atom. The van der Waals surface area contributed by atoms with Crippen LogP contribution in [0.2, 0.25) is 0 Å². The normalized spacial score (nSPS) is 20.2. The van der Waals surface area contributed by atoms with Gasteiger partial charge in [-0.25, -0.2) is 0 Å². The van der Waals surface area contributed by atoms with E-state index in [0.29, 0.717) is 0 Å². The summed E-state index contributed by atoms with van der Waals surface area (Å²) in [6.07, 6.45) is 7.85. The van der Waals surface area contributed by atoms with Gasteiger partial charge in [0.05, 0.1) is 12.3 Å². The summed E-state index contributed by atoms with van der Waals surface area (Å²) < 4.78 is 6.86. The topological polar surface area (TPSA) is 51.2 Å². The molecule has 0 saturated heterocycles. The number of hydrogen-bond donors (Lipinski definition) is 1. The van der Waals surface area contributed by atoms with E-state index in [4.69, 9.17) is 4.52 Å². The zero-order chi connectivity index (χ0) is 10.3. The summed E-state index contributed by atoms with van der Waals surface area (Å²) in [6.45, 7) is 0. The van der Waals surface area contributed by atoms with Crippen molar-refractivity contribution in [1.82, 2.24) is 9.72 Å². The van der Waals surface area contributed by atoms with Crippen LogP contribution in [0.15, 0.2) is 29.2 Å². The van der Waals surface area contributed by atoms with Crippen molar-refractivity contribution in [3.05, 3.63) is 36.0 Å². The molecule has 4 heteroatoms. The zero-order valence-corrected chi connectivity index (χ0v) is 8.26. The summed E-state index contributed by atoms with van der Waals surface area (Å²) in [5.74, 6) is 0. The van der Waals surface area contributed by atoms with E-state index in [-0.39, 0.29) is 6.10 Å².